The molecule has 0 aliphatic rings. The molecule has 0 atom stereocenters. The molecular formula is C13H14ClN3S. The number of nitrogens with zero attached hydrogens (tertiary/aromatic N) is 2. The van der Waals surface area contributed by atoms with E-state index in [4.69, 9.17) is 11.6 Å². The number of hydrogen-bond donors (Lipinski definition) is 1. The van der Waals surface area contributed by atoms with Crippen molar-refractivity contribution in [2.24, 2.45) is 0 Å². The van der Waals surface area contributed by atoms with Crippen molar-refractivity contribution >= 4 is 29.2 Å². The van der Waals surface area contributed by atoms with Crippen LogP contribution in [0.5, 0.6) is 0 Å². The molecule has 0 bridgehead atoms. The van der Waals surface area contributed by atoms with E-state index in [1.807, 2.05) is 38.1 Å². The Morgan fingerprint density at radius 3 is 2.78 bits per heavy atom. The number of hydrogen-bond acceptors (Lipinski definition) is 4. The van der Waals surface area contributed by atoms with E-state index in [1.165, 1.54) is 0 Å². The van der Waals surface area contributed by atoms with Crippen molar-refractivity contribution in [3.8, 4) is 0 Å². The molecule has 1 aromatic carbocycles. The third-order valence-corrected chi connectivity index (χ3v) is 4.09. The minimum atomic E-state index is 0.744. The summed E-state index contributed by atoms with van der Waals surface area (Å²) in [4.78, 5) is 10.5. The van der Waals surface area contributed by atoms with Crippen LogP contribution in [-0.2, 0) is 0 Å². The second kappa shape index (κ2) is 6.07. The molecule has 0 radical (unpaired) electrons. The lowest BCUT2D eigenvalue weighted by Gasteiger charge is -2.11. The third-order valence-electron chi connectivity index (χ3n) is 2.37. The number of nitrogens with one attached hydrogen (secondary N) is 1. The van der Waals surface area contributed by atoms with Crippen LogP contribution in [0.15, 0.2) is 40.4 Å². The number of benzene rings is 1. The summed E-state index contributed by atoms with van der Waals surface area (Å²) >= 11 is 7.76. The summed E-state index contributed by atoms with van der Waals surface area (Å²) in [5.41, 5.74) is 0.950. The van der Waals surface area contributed by atoms with Gasteiger partial charge < -0.3 is 5.32 Å². The molecule has 2 aromatic rings. The van der Waals surface area contributed by atoms with Crippen LogP contribution >= 0.6 is 23.4 Å². The first-order valence-corrected chi connectivity index (χ1v) is 6.89. The third kappa shape index (κ3) is 2.94. The predicted octanol–water partition coefficient (Wildman–Crippen LogP) is 4.02. The van der Waals surface area contributed by atoms with Crippen molar-refractivity contribution in [3.05, 3.63) is 41.3 Å². The average Bonchev–Trinajstić information content (AvgIpc) is 2.36. The number of anilines is 1. The molecule has 2 rings (SSSR count). The minimum Gasteiger partial charge on any atom is -0.369 e. The Morgan fingerprint density at radius 2 is 2.06 bits per heavy atom. The monoisotopic (exact) mass is 279 g/mol. The zero-order valence-electron chi connectivity index (χ0n) is 10.3. The first-order chi connectivity index (χ1) is 8.72. The van der Waals surface area contributed by atoms with Gasteiger partial charge in [0.2, 0.25) is 0 Å². The van der Waals surface area contributed by atoms with Crippen molar-refractivity contribution in [1.82, 2.24) is 9.97 Å². The average molecular weight is 280 g/mol. The highest BCUT2D eigenvalue weighted by Crippen LogP contribution is 2.37. The number of halogens is 1. The Balaban J connectivity index is 2.36. The van der Waals surface area contributed by atoms with E-state index in [1.54, 1.807) is 18.1 Å². The van der Waals surface area contributed by atoms with Crippen LogP contribution in [0.3, 0.4) is 0 Å². The van der Waals surface area contributed by atoms with Crippen LogP contribution in [0.4, 0.5) is 5.82 Å². The van der Waals surface area contributed by atoms with E-state index in [-0.39, 0.29) is 0 Å². The van der Waals surface area contributed by atoms with E-state index < -0.39 is 0 Å². The molecule has 18 heavy (non-hydrogen) atoms. The van der Waals surface area contributed by atoms with Gasteiger partial charge in [-0.25, -0.2) is 9.97 Å². The lowest BCUT2D eigenvalue weighted by atomic mass is 10.4. The van der Waals surface area contributed by atoms with Gasteiger partial charge in [0.1, 0.15) is 12.1 Å². The molecule has 1 N–H and O–H groups in total. The molecule has 5 heteroatoms. The Hall–Kier alpha value is -1.26. The van der Waals surface area contributed by atoms with E-state index in [2.05, 4.69) is 15.3 Å². The predicted molar refractivity (Wildman–Crippen MR) is 76.5 cm³/mol. The van der Waals surface area contributed by atoms with Crippen molar-refractivity contribution in [2.45, 2.75) is 23.6 Å². The largest absolute Gasteiger partial charge is 0.369 e. The van der Waals surface area contributed by atoms with Crippen LogP contribution in [0.1, 0.15) is 12.6 Å². The topological polar surface area (TPSA) is 37.8 Å². The van der Waals surface area contributed by atoms with Gasteiger partial charge in [-0.1, -0.05) is 35.5 Å². The van der Waals surface area contributed by atoms with Gasteiger partial charge in [-0.2, -0.15) is 0 Å². The zero-order chi connectivity index (χ0) is 13.0. The quantitative estimate of drug-likeness (QED) is 0.917. The highest BCUT2D eigenvalue weighted by Gasteiger charge is 2.11. The Labute approximate surface area is 116 Å². The zero-order valence-corrected chi connectivity index (χ0v) is 11.8. The van der Waals surface area contributed by atoms with Gasteiger partial charge in [0.05, 0.1) is 15.6 Å². The summed E-state index contributed by atoms with van der Waals surface area (Å²) in [5, 5.41) is 3.99. The van der Waals surface area contributed by atoms with E-state index in [0.717, 1.165) is 32.9 Å². The summed E-state index contributed by atoms with van der Waals surface area (Å²) in [6, 6.07) is 7.78. The first kappa shape index (κ1) is 13.2. The highest BCUT2D eigenvalue weighted by atomic mass is 35.5. The standard InChI is InChI=1S/C13H14ClN3S/c1-3-15-13-12(9(2)16-8-17-13)18-11-7-5-4-6-10(11)14/h4-8H,3H2,1-2H3,(H,15,16,17). The first-order valence-electron chi connectivity index (χ1n) is 5.70. The molecule has 0 spiro atoms. The van der Waals surface area contributed by atoms with Crippen LogP contribution in [0, 0.1) is 6.92 Å². The number of rotatable bonds is 4. The van der Waals surface area contributed by atoms with E-state index in [9.17, 15) is 0 Å². The number of aromatic nitrogens is 2. The molecule has 0 fully saturated rings. The number of aryl methyl sites for hydroxylation is 1. The van der Waals surface area contributed by atoms with Crippen molar-refractivity contribution < 1.29 is 0 Å². The van der Waals surface area contributed by atoms with Gasteiger partial charge in [0.25, 0.3) is 0 Å². The lowest BCUT2D eigenvalue weighted by Crippen LogP contribution is -2.03. The van der Waals surface area contributed by atoms with Crippen molar-refractivity contribution in [2.75, 3.05) is 11.9 Å². The Kier molecular flexibility index (Phi) is 4.44. The molecular weight excluding hydrogens is 266 g/mol. The lowest BCUT2D eigenvalue weighted by molar-refractivity contribution is 1.01. The van der Waals surface area contributed by atoms with Gasteiger partial charge >= 0.3 is 0 Å². The molecule has 0 aliphatic heterocycles. The smallest absolute Gasteiger partial charge is 0.143 e. The normalized spacial score (nSPS) is 10.4. The molecule has 0 saturated carbocycles. The van der Waals surface area contributed by atoms with Crippen LogP contribution in [0.25, 0.3) is 0 Å². The van der Waals surface area contributed by atoms with Gasteiger partial charge in [-0.05, 0) is 26.0 Å². The Morgan fingerprint density at radius 1 is 1.28 bits per heavy atom. The summed E-state index contributed by atoms with van der Waals surface area (Å²) in [5.74, 6) is 0.856. The molecule has 3 nitrogen and oxygen atoms in total. The molecule has 0 unspecified atom stereocenters. The van der Waals surface area contributed by atoms with E-state index in [0.29, 0.717) is 0 Å². The van der Waals surface area contributed by atoms with Gasteiger partial charge in [-0.3, -0.25) is 0 Å². The molecule has 1 aromatic heterocycles. The Bertz CT molecular complexity index is 546. The minimum absolute atomic E-state index is 0.744. The molecule has 0 amide bonds. The van der Waals surface area contributed by atoms with Gasteiger partial charge in [0.15, 0.2) is 0 Å². The van der Waals surface area contributed by atoms with Gasteiger partial charge in [-0.15, -0.1) is 0 Å². The van der Waals surface area contributed by atoms with Crippen molar-refractivity contribution in [1.29, 1.82) is 0 Å². The van der Waals surface area contributed by atoms with Crippen LogP contribution < -0.4 is 5.32 Å². The maximum Gasteiger partial charge on any atom is 0.143 e. The molecule has 1 heterocycles. The second-order valence-electron chi connectivity index (χ2n) is 3.70. The summed E-state index contributed by atoms with van der Waals surface area (Å²) < 4.78 is 0. The van der Waals surface area contributed by atoms with Gasteiger partial charge in [0, 0.05) is 11.4 Å². The maximum atomic E-state index is 6.17. The highest BCUT2D eigenvalue weighted by molar-refractivity contribution is 7.99. The molecule has 94 valence electrons. The van der Waals surface area contributed by atoms with E-state index >= 15 is 0 Å². The molecule has 0 saturated heterocycles. The summed E-state index contributed by atoms with van der Waals surface area (Å²) in [6.07, 6.45) is 1.57. The summed E-state index contributed by atoms with van der Waals surface area (Å²) in [6.45, 7) is 4.84. The fourth-order valence-corrected chi connectivity index (χ4v) is 2.72. The molecule has 0 aliphatic carbocycles. The SMILES string of the molecule is CCNc1ncnc(C)c1Sc1ccccc1Cl. The summed E-state index contributed by atoms with van der Waals surface area (Å²) in [7, 11) is 0. The van der Waals surface area contributed by atoms with Crippen LogP contribution in [0.2, 0.25) is 5.02 Å². The second-order valence-corrected chi connectivity index (χ2v) is 5.16. The fourth-order valence-electron chi connectivity index (χ4n) is 1.51. The van der Waals surface area contributed by atoms with Crippen LogP contribution in [-0.4, -0.2) is 16.5 Å². The van der Waals surface area contributed by atoms with Crippen molar-refractivity contribution in [3.63, 3.8) is 0 Å². The maximum absolute atomic E-state index is 6.17. The fraction of sp³-hybridized carbons (Fsp3) is 0.231.